The van der Waals surface area contributed by atoms with Crippen LogP contribution in [-0.2, 0) is 6.61 Å². The van der Waals surface area contributed by atoms with Crippen molar-refractivity contribution in [3.63, 3.8) is 0 Å². The van der Waals surface area contributed by atoms with E-state index in [9.17, 15) is 4.79 Å². The molecule has 0 aliphatic heterocycles. The molecule has 0 aliphatic carbocycles. The van der Waals surface area contributed by atoms with Crippen LogP contribution >= 0.6 is 31.9 Å². The molecule has 32 heavy (non-hydrogen) atoms. The summed E-state index contributed by atoms with van der Waals surface area (Å²) in [5, 5.41) is 0. The molecule has 6 heteroatoms. The number of carbonyl (C=O) groups is 1. The van der Waals surface area contributed by atoms with E-state index in [0.29, 0.717) is 23.7 Å². The highest BCUT2D eigenvalue weighted by Crippen LogP contribution is 2.37. The molecular formula is C26H24Br2O4. The van der Waals surface area contributed by atoms with Gasteiger partial charge in [-0.15, -0.1) is 0 Å². The molecule has 0 saturated carbocycles. The van der Waals surface area contributed by atoms with Crippen molar-refractivity contribution in [2.75, 3.05) is 13.7 Å². The first kappa shape index (κ1) is 24.1. The Balaban J connectivity index is 1.80. The first-order chi connectivity index (χ1) is 15.5. The molecule has 0 amide bonds. The Hall–Kier alpha value is -2.57. The summed E-state index contributed by atoms with van der Waals surface area (Å²) in [7, 11) is 1.61. The molecule has 3 aromatic carbocycles. The van der Waals surface area contributed by atoms with Gasteiger partial charge >= 0.3 is 0 Å². The van der Waals surface area contributed by atoms with Crippen LogP contribution in [0.25, 0.3) is 0 Å². The van der Waals surface area contributed by atoms with Crippen molar-refractivity contribution in [3.8, 4) is 17.2 Å². The van der Waals surface area contributed by atoms with Gasteiger partial charge in [-0.1, -0.05) is 87.0 Å². The molecule has 0 aromatic heterocycles. The molecule has 3 aromatic rings. The zero-order valence-corrected chi connectivity index (χ0v) is 20.8. The zero-order chi connectivity index (χ0) is 22.9. The summed E-state index contributed by atoms with van der Waals surface area (Å²) < 4.78 is 17.0. The number of halogens is 2. The molecule has 0 bridgehead atoms. The van der Waals surface area contributed by atoms with Gasteiger partial charge in [-0.3, -0.25) is 4.79 Å². The quantitative estimate of drug-likeness (QED) is 0.145. The second kappa shape index (κ2) is 11.9. The van der Waals surface area contributed by atoms with Gasteiger partial charge in [-0.25, -0.2) is 0 Å². The summed E-state index contributed by atoms with van der Waals surface area (Å²) in [5.41, 5.74) is 2.45. The van der Waals surface area contributed by atoms with E-state index in [1.165, 1.54) is 0 Å². The van der Waals surface area contributed by atoms with Crippen molar-refractivity contribution in [1.29, 1.82) is 0 Å². The Bertz CT molecular complexity index is 1050. The van der Waals surface area contributed by atoms with Crippen LogP contribution in [0.1, 0.15) is 26.3 Å². The minimum Gasteiger partial charge on any atom is -0.497 e. The van der Waals surface area contributed by atoms with Crippen molar-refractivity contribution < 1.29 is 19.0 Å². The first-order valence-corrected chi connectivity index (χ1v) is 11.9. The van der Waals surface area contributed by atoms with Gasteiger partial charge in [-0.05, 0) is 35.4 Å². The number of benzene rings is 3. The second-order valence-corrected chi connectivity index (χ2v) is 8.95. The van der Waals surface area contributed by atoms with Gasteiger partial charge < -0.3 is 14.2 Å². The Morgan fingerprint density at radius 1 is 0.969 bits per heavy atom. The lowest BCUT2D eigenvalue weighted by Crippen LogP contribution is -2.20. The van der Waals surface area contributed by atoms with E-state index in [0.717, 1.165) is 16.9 Å². The molecule has 0 heterocycles. The zero-order valence-electron chi connectivity index (χ0n) is 17.7. The van der Waals surface area contributed by atoms with Crippen molar-refractivity contribution in [3.05, 3.63) is 102 Å². The lowest BCUT2D eigenvalue weighted by molar-refractivity contribution is 0.0987. The minimum atomic E-state index is -0.517. The fourth-order valence-corrected chi connectivity index (χ4v) is 4.15. The molecule has 2 atom stereocenters. The van der Waals surface area contributed by atoms with Crippen LogP contribution in [-0.4, -0.2) is 24.3 Å². The molecule has 2 unspecified atom stereocenters. The van der Waals surface area contributed by atoms with Gasteiger partial charge in [0.25, 0.3) is 0 Å². The monoisotopic (exact) mass is 558 g/mol. The van der Waals surface area contributed by atoms with E-state index in [4.69, 9.17) is 14.2 Å². The molecule has 3 rings (SSSR count). The maximum atomic E-state index is 13.3. The van der Waals surface area contributed by atoms with Crippen molar-refractivity contribution in [1.82, 2.24) is 0 Å². The summed E-state index contributed by atoms with van der Waals surface area (Å²) in [6, 6.07) is 22.8. The number of carbonyl (C=O) groups excluding carboxylic acids is 1. The topological polar surface area (TPSA) is 44.8 Å². The summed E-state index contributed by atoms with van der Waals surface area (Å²) >= 11 is 7.22. The Morgan fingerprint density at radius 2 is 1.75 bits per heavy atom. The largest absolute Gasteiger partial charge is 0.497 e. The maximum Gasteiger partial charge on any atom is 0.181 e. The van der Waals surface area contributed by atoms with Gasteiger partial charge in [0.05, 0.1) is 22.3 Å². The molecule has 0 fully saturated rings. The van der Waals surface area contributed by atoms with Crippen molar-refractivity contribution in [2.45, 2.75) is 16.3 Å². The van der Waals surface area contributed by atoms with E-state index < -0.39 is 4.83 Å². The standard InChI is InChI=1S/C26H24Br2O4/c1-3-14-31-23-16-21(32-17-18-8-5-4-6-9-18)12-13-22(23)26(29)25(28)24(27)19-10-7-11-20(15-19)30-2/h3-13,15-16,24-25H,1,14,17H2,2H3. The van der Waals surface area contributed by atoms with Crippen LogP contribution < -0.4 is 14.2 Å². The van der Waals surface area contributed by atoms with Crippen molar-refractivity contribution in [2.24, 2.45) is 0 Å². The minimum absolute atomic E-state index is 0.108. The second-order valence-electron chi connectivity index (χ2n) is 6.98. The van der Waals surface area contributed by atoms with Gasteiger partial charge in [0.1, 0.15) is 30.5 Å². The average molecular weight is 560 g/mol. The van der Waals surface area contributed by atoms with Crippen LogP contribution in [0.3, 0.4) is 0 Å². The van der Waals surface area contributed by atoms with E-state index in [1.807, 2.05) is 54.6 Å². The predicted octanol–water partition coefficient (Wildman–Crippen LogP) is 6.92. The summed E-state index contributed by atoms with van der Waals surface area (Å²) in [6.07, 6.45) is 1.64. The lowest BCUT2D eigenvalue weighted by atomic mass is 10.0. The molecule has 0 radical (unpaired) electrons. The Kier molecular flexibility index (Phi) is 8.94. The normalized spacial score (nSPS) is 12.5. The molecule has 0 spiro atoms. The Morgan fingerprint density at radius 3 is 2.47 bits per heavy atom. The first-order valence-electron chi connectivity index (χ1n) is 10.0. The van der Waals surface area contributed by atoms with E-state index in [-0.39, 0.29) is 17.2 Å². The maximum absolute atomic E-state index is 13.3. The van der Waals surface area contributed by atoms with Gasteiger partial charge in [0, 0.05) is 6.07 Å². The third kappa shape index (κ3) is 6.24. The SMILES string of the molecule is C=CCOc1cc(OCc2ccccc2)ccc1C(=O)C(Br)C(Br)c1cccc(OC)c1. The molecule has 166 valence electrons. The van der Waals surface area contributed by atoms with Crippen LogP contribution in [0.4, 0.5) is 0 Å². The molecule has 4 nitrogen and oxygen atoms in total. The van der Waals surface area contributed by atoms with Crippen LogP contribution in [0.2, 0.25) is 0 Å². The third-order valence-corrected chi connectivity index (χ3v) is 7.45. The van der Waals surface area contributed by atoms with E-state index in [2.05, 4.69) is 38.4 Å². The fourth-order valence-electron chi connectivity index (χ4n) is 3.07. The highest BCUT2D eigenvalue weighted by Gasteiger charge is 2.28. The van der Waals surface area contributed by atoms with Gasteiger partial charge in [-0.2, -0.15) is 0 Å². The van der Waals surface area contributed by atoms with E-state index >= 15 is 0 Å². The highest BCUT2D eigenvalue weighted by atomic mass is 79.9. The van der Waals surface area contributed by atoms with Gasteiger partial charge in [0.2, 0.25) is 0 Å². The van der Waals surface area contributed by atoms with E-state index in [1.54, 1.807) is 31.4 Å². The van der Waals surface area contributed by atoms with Gasteiger partial charge in [0.15, 0.2) is 5.78 Å². The fraction of sp³-hybridized carbons (Fsp3) is 0.192. The number of methoxy groups -OCH3 is 1. The molecular weight excluding hydrogens is 536 g/mol. The number of ketones is 1. The number of hydrogen-bond donors (Lipinski definition) is 0. The highest BCUT2D eigenvalue weighted by molar-refractivity contribution is 9.12. The lowest BCUT2D eigenvalue weighted by Gasteiger charge is -2.19. The average Bonchev–Trinajstić information content (AvgIpc) is 2.85. The number of hydrogen-bond acceptors (Lipinski definition) is 4. The number of rotatable bonds is 11. The molecule has 0 saturated heterocycles. The number of Topliss-reactive ketones (excluding diaryl/α,β-unsaturated/α-hetero) is 1. The number of alkyl halides is 2. The van der Waals surface area contributed by atoms with Crippen LogP contribution in [0, 0.1) is 0 Å². The summed E-state index contributed by atoms with van der Waals surface area (Å²) in [4.78, 5) is 12.6. The van der Waals surface area contributed by atoms with Crippen LogP contribution in [0.15, 0.2) is 85.5 Å². The molecule has 0 N–H and O–H groups in total. The molecule has 0 aliphatic rings. The van der Waals surface area contributed by atoms with Crippen LogP contribution in [0.5, 0.6) is 17.2 Å². The van der Waals surface area contributed by atoms with Crippen molar-refractivity contribution >= 4 is 37.6 Å². The smallest absolute Gasteiger partial charge is 0.181 e. The predicted molar refractivity (Wildman–Crippen MR) is 135 cm³/mol. The Labute approximate surface area is 205 Å². The summed E-state index contributed by atoms with van der Waals surface area (Å²) in [6.45, 7) is 4.40. The number of ether oxygens (including phenoxy) is 3. The summed E-state index contributed by atoms with van der Waals surface area (Å²) in [5.74, 6) is 1.70. The third-order valence-electron chi connectivity index (χ3n) is 4.74.